The molecule has 5 heterocycles. The van der Waals surface area contributed by atoms with Crippen LogP contribution < -0.4 is 41.3 Å². The molecule has 1 aliphatic heterocycles. The van der Waals surface area contributed by atoms with Crippen molar-refractivity contribution in [2.75, 3.05) is 0 Å². The fraction of sp³-hybridized carbons (Fsp3) is 0. The van der Waals surface area contributed by atoms with E-state index in [1.807, 2.05) is 24.3 Å². The van der Waals surface area contributed by atoms with Gasteiger partial charge in [-0.25, -0.2) is 0 Å². The van der Waals surface area contributed by atoms with E-state index in [0.29, 0.717) is 0 Å². The van der Waals surface area contributed by atoms with E-state index in [-0.39, 0.29) is 17.1 Å². The first-order valence-corrected chi connectivity index (χ1v) is 16.1. The van der Waals surface area contributed by atoms with Crippen molar-refractivity contribution in [3.8, 4) is 0 Å². The topological polar surface area (TPSA) is 56.4 Å². The van der Waals surface area contributed by atoms with Crippen LogP contribution in [0, 0.1) is 0 Å². The van der Waals surface area contributed by atoms with Gasteiger partial charge in [0.15, 0.2) is 0 Å². The molecule has 0 saturated heterocycles. The third-order valence-electron chi connectivity index (χ3n) is 8.86. The van der Waals surface area contributed by atoms with Crippen LogP contribution in [0.5, 0.6) is 0 Å². The van der Waals surface area contributed by atoms with Crippen molar-refractivity contribution in [1.82, 2.24) is 19.9 Å². The van der Waals surface area contributed by atoms with Gasteiger partial charge in [0.25, 0.3) is 0 Å². The largest absolute Gasteiger partial charge is 5.00 e. The summed E-state index contributed by atoms with van der Waals surface area (Å²) in [5.41, 5.74) is 11.6. The molecule has 9 rings (SSSR count). The first kappa shape index (κ1) is 30.3. The van der Waals surface area contributed by atoms with E-state index in [2.05, 4.69) is 146 Å². The van der Waals surface area contributed by atoms with Gasteiger partial charge in [-0.15, -0.1) is 44.2 Å². The molecule has 0 aliphatic carbocycles. The standard InChI is InChI=1S/C44H28N4.Fe/c1-5-13-29(14-6-1)41-33-21-23-35(45-33)42(30-15-7-2-8-16-30)37-25-27-39(47-37)44(32-19-11-4-12-20-32)40-28-26-38(48-40)43(31-17-9-3-10-18-31)36-24-22-34(41)46-36;/h1-28H;/q-4;+5/b41-33-,41-34?,42-35-,42-37?,43-36?,43-38-,44-39?,44-40-;. The molecule has 0 amide bonds. The van der Waals surface area contributed by atoms with Crippen LogP contribution in [-0.2, 0) is 17.1 Å². The molecule has 0 spiro atoms. The molecule has 4 nitrogen and oxygen atoms in total. The van der Waals surface area contributed by atoms with Gasteiger partial charge in [-0.05, 0) is 44.5 Å². The van der Waals surface area contributed by atoms with E-state index in [1.54, 1.807) is 0 Å². The van der Waals surface area contributed by atoms with Crippen molar-refractivity contribution >= 4 is 22.3 Å². The summed E-state index contributed by atoms with van der Waals surface area (Å²) in [4.78, 5) is 21.2. The normalized spacial score (nSPS) is 17.0. The van der Waals surface area contributed by atoms with E-state index in [1.165, 1.54) is 0 Å². The molecular formula is C44H28FeN4+. The van der Waals surface area contributed by atoms with Crippen molar-refractivity contribution in [1.29, 1.82) is 0 Å². The van der Waals surface area contributed by atoms with Crippen molar-refractivity contribution in [2.45, 2.75) is 0 Å². The van der Waals surface area contributed by atoms with Gasteiger partial charge in [0.2, 0.25) is 0 Å². The Balaban J connectivity index is 0.00000348. The van der Waals surface area contributed by atoms with Crippen LogP contribution in [0.3, 0.4) is 0 Å². The van der Waals surface area contributed by atoms with Crippen molar-refractivity contribution in [3.05, 3.63) is 236 Å². The predicted molar refractivity (Wildman–Crippen MR) is 190 cm³/mol. The maximum absolute atomic E-state index is 5.31. The zero-order valence-electron chi connectivity index (χ0n) is 26.3. The Morgan fingerprint density at radius 1 is 0.224 bits per heavy atom. The summed E-state index contributed by atoms with van der Waals surface area (Å²) >= 11 is 0. The number of hydrogen-bond acceptors (Lipinski definition) is 0. The van der Waals surface area contributed by atoms with Crippen LogP contribution in [0.25, 0.3) is 22.3 Å². The fourth-order valence-electron chi connectivity index (χ4n) is 6.69. The molecule has 0 atom stereocenters. The van der Waals surface area contributed by atoms with Gasteiger partial charge in [0, 0.05) is 0 Å². The summed E-state index contributed by atoms with van der Waals surface area (Å²) in [6.07, 6.45) is 0. The van der Waals surface area contributed by atoms with Gasteiger partial charge in [-0.2, -0.15) is 0 Å². The molecule has 1 radical (unpaired) electrons. The van der Waals surface area contributed by atoms with Gasteiger partial charge >= 0.3 is 17.1 Å². The van der Waals surface area contributed by atoms with Crippen LogP contribution in [0.4, 0.5) is 0 Å². The third kappa shape index (κ3) is 5.55. The average Bonchev–Trinajstić information content (AvgIpc) is 3.98. The average molecular weight is 669 g/mol. The zero-order valence-corrected chi connectivity index (χ0v) is 27.4. The Hall–Kier alpha value is -6.00. The minimum absolute atomic E-state index is 0. The monoisotopic (exact) mass is 668 g/mol. The zero-order chi connectivity index (χ0) is 31.9. The first-order chi connectivity index (χ1) is 23.8. The Morgan fingerprint density at radius 3 is 0.673 bits per heavy atom. The van der Waals surface area contributed by atoms with Gasteiger partial charge in [0.05, 0.1) is 0 Å². The second-order valence-corrected chi connectivity index (χ2v) is 11.8. The molecule has 4 aromatic carbocycles. The Bertz CT molecular complexity index is 2280. The van der Waals surface area contributed by atoms with E-state index in [4.69, 9.17) is 19.9 Å². The fourth-order valence-corrected chi connectivity index (χ4v) is 6.69. The summed E-state index contributed by atoms with van der Waals surface area (Å²) in [5.74, 6) is 0. The number of rotatable bonds is 4. The first-order valence-electron chi connectivity index (χ1n) is 16.1. The van der Waals surface area contributed by atoms with Crippen molar-refractivity contribution < 1.29 is 17.1 Å². The smallest absolute Gasteiger partial charge is 0.657 e. The summed E-state index contributed by atoms with van der Waals surface area (Å²) in [6.45, 7) is 0. The summed E-state index contributed by atoms with van der Waals surface area (Å²) in [5, 5.41) is 3.44. The molecule has 0 N–H and O–H groups in total. The number of fused-ring (bicyclic) bond motifs is 8. The molecule has 49 heavy (non-hydrogen) atoms. The molecular weight excluding hydrogens is 640 g/mol. The minimum Gasteiger partial charge on any atom is -0.657 e. The molecule has 0 fully saturated rings. The SMILES string of the molecule is [Fe+5].c1ccc(/C2=c3\cc/c([n-]3)=C(\c3ccccc3)c3ccc([n-]3)/C(c3ccccc3)=c3/cc/c([n-]3)=C(\c3ccccc3)c3ccc2[n-]3)cc1. The van der Waals surface area contributed by atoms with Gasteiger partial charge in [-0.3, -0.25) is 0 Å². The van der Waals surface area contributed by atoms with Crippen LogP contribution in [0.1, 0.15) is 45.0 Å². The van der Waals surface area contributed by atoms with E-state index in [0.717, 1.165) is 88.7 Å². The van der Waals surface area contributed by atoms with Crippen LogP contribution in [0.15, 0.2) is 170 Å². The van der Waals surface area contributed by atoms with Gasteiger partial charge < -0.3 is 19.9 Å². The van der Waals surface area contributed by atoms with Crippen LogP contribution in [0.2, 0.25) is 0 Å². The van der Waals surface area contributed by atoms with Crippen LogP contribution >= 0.6 is 0 Å². The molecule has 8 aromatic rings. The second kappa shape index (κ2) is 12.9. The second-order valence-electron chi connectivity index (χ2n) is 11.8. The van der Waals surface area contributed by atoms with Crippen molar-refractivity contribution in [2.24, 2.45) is 0 Å². The molecule has 1 aliphatic rings. The summed E-state index contributed by atoms with van der Waals surface area (Å²) in [7, 11) is 0. The predicted octanol–water partition coefficient (Wildman–Crippen LogP) is 4.82. The minimum atomic E-state index is 0. The van der Waals surface area contributed by atoms with Crippen LogP contribution in [-0.4, -0.2) is 0 Å². The summed E-state index contributed by atoms with van der Waals surface area (Å²) in [6, 6.07) is 58.4. The van der Waals surface area contributed by atoms with E-state index < -0.39 is 0 Å². The quantitative estimate of drug-likeness (QED) is 0.253. The summed E-state index contributed by atoms with van der Waals surface area (Å²) < 4.78 is 0. The van der Waals surface area contributed by atoms with Gasteiger partial charge in [-0.1, -0.05) is 170 Å². The molecule has 0 saturated carbocycles. The molecule has 4 aromatic heterocycles. The maximum atomic E-state index is 5.31. The van der Waals surface area contributed by atoms with E-state index >= 15 is 0 Å². The number of hydrogen-bond donors (Lipinski definition) is 0. The number of benzene rings is 4. The maximum Gasteiger partial charge on any atom is 5.00 e. The van der Waals surface area contributed by atoms with Gasteiger partial charge in [0.1, 0.15) is 0 Å². The third-order valence-corrected chi connectivity index (χ3v) is 8.86. The molecule has 5 heteroatoms. The van der Waals surface area contributed by atoms with Crippen molar-refractivity contribution in [3.63, 3.8) is 0 Å². The molecule has 231 valence electrons. The number of aromatic nitrogens is 4. The Morgan fingerprint density at radius 2 is 0.449 bits per heavy atom. The Kier molecular flexibility index (Phi) is 7.98. The number of nitrogens with zero attached hydrogens (tertiary/aromatic N) is 4. The molecule has 8 bridgehead atoms. The molecule has 0 unspecified atom stereocenters. The van der Waals surface area contributed by atoms with E-state index in [9.17, 15) is 0 Å². The Labute approximate surface area is 294 Å².